The summed E-state index contributed by atoms with van der Waals surface area (Å²) >= 11 is 11.8. The molecule has 0 bridgehead atoms. The number of aliphatic carboxylic acids is 1. The predicted octanol–water partition coefficient (Wildman–Crippen LogP) is 4.49. The van der Waals surface area contributed by atoms with Gasteiger partial charge in [0.2, 0.25) is 0 Å². The van der Waals surface area contributed by atoms with E-state index in [1.54, 1.807) is 24.3 Å². The molecule has 0 amide bonds. The number of pyridine rings is 1. The summed E-state index contributed by atoms with van der Waals surface area (Å²) < 4.78 is 15.6. The molecule has 0 aliphatic rings. The molecule has 6 nitrogen and oxygen atoms in total. The predicted molar refractivity (Wildman–Crippen MR) is 119 cm³/mol. The molecule has 164 valence electrons. The molecule has 1 heterocycles. The van der Waals surface area contributed by atoms with Crippen molar-refractivity contribution in [2.75, 3.05) is 0 Å². The van der Waals surface area contributed by atoms with Crippen LogP contribution in [0.5, 0.6) is 0 Å². The van der Waals surface area contributed by atoms with Gasteiger partial charge >= 0.3 is 5.97 Å². The lowest BCUT2D eigenvalue weighted by Crippen LogP contribution is -2.25. The second kappa shape index (κ2) is 9.80. The summed E-state index contributed by atoms with van der Waals surface area (Å²) in [5.41, 5.74) is 0.419. The first-order valence-electron chi connectivity index (χ1n) is 9.24. The average molecular weight is 476 g/mol. The molecule has 9 heteroatoms. The summed E-state index contributed by atoms with van der Waals surface area (Å²) in [5, 5.41) is 19.5. The van der Waals surface area contributed by atoms with Crippen LogP contribution in [-0.4, -0.2) is 26.5 Å². The fourth-order valence-electron chi connectivity index (χ4n) is 3.10. The maximum atomic E-state index is 14.4. The normalized spacial score (nSPS) is 11.4. The number of carbonyl (C=O) groups excluding carboxylic acids is 1. The Labute approximate surface area is 191 Å². The highest BCUT2D eigenvalue weighted by atomic mass is 35.5. The van der Waals surface area contributed by atoms with E-state index in [1.165, 1.54) is 30.5 Å². The van der Waals surface area contributed by atoms with Crippen molar-refractivity contribution in [2.24, 2.45) is 0 Å². The highest BCUT2D eigenvalue weighted by Gasteiger charge is 2.17. The van der Waals surface area contributed by atoms with E-state index in [9.17, 15) is 23.9 Å². The molecule has 0 saturated heterocycles. The third-order valence-electron chi connectivity index (χ3n) is 4.57. The fraction of sp³-hybridized carbons (Fsp3) is 0.0870. The van der Waals surface area contributed by atoms with Crippen molar-refractivity contribution in [3.8, 4) is 0 Å². The number of benzene rings is 2. The van der Waals surface area contributed by atoms with Gasteiger partial charge in [0.15, 0.2) is 0 Å². The van der Waals surface area contributed by atoms with Crippen molar-refractivity contribution in [1.29, 1.82) is 0 Å². The molecule has 1 aromatic heterocycles. The van der Waals surface area contributed by atoms with E-state index in [2.05, 4.69) is 0 Å². The zero-order valence-corrected chi connectivity index (χ0v) is 17.9. The van der Waals surface area contributed by atoms with Crippen molar-refractivity contribution in [3.05, 3.63) is 109 Å². The molecule has 0 spiro atoms. The van der Waals surface area contributed by atoms with Crippen molar-refractivity contribution in [2.45, 2.75) is 13.0 Å². The molecule has 3 rings (SSSR count). The number of aromatic nitrogens is 1. The van der Waals surface area contributed by atoms with Crippen LogP contribution in [0.3, 0.4) is 0 Å². The zero-order chi connectivity index (χ0) is 23.4. The third-order valence-corrected chi connectivity index (χ3v) is 5.09. The van der Waals surface area contributed by atoms with Gasteiger partial charge in [-0.15, -0.1) is 0 Å². The molecule has 2 N–H and O–H groups in total. The summed E-state index contributed by atoms with van der Waals surface area (Å²) in [7, 11) is 0. The fourth-order valence-corrected chi connectivity index (χ4v) is 3.50. The standard InChI is InChI=1S/C23H16Cl2FNO5/c24-16-5-1-3-13(8-16)7-14-9-17(19(28)10-20(29)23(31)32)22(30)27(11-14)12-15-4-2-6-18(25)21(15)26/h1-6,8-11,28H,7,12H2,(H,31,32). The van der Waals surface area contributed by atoms with Crippen LogP contribution >= 0.6 is 23.2 Å². The van der Waals surface area contributed by atoms with Gasteiger partial charge in [0.25, 0.3) is 11.3 Å². The smallest absolute Gasteiger partial charge is 0.376 e. The van der Waals surface area contributed by atoms with Gasteiger partial charge in [0.1, 0.15) is 11.6 Å². The van der Waals surface area contributed by atoms with Crippen LogP contribution in [0.4, 0.5) is 4.39 Å². The van der Waals surface area contributed by atoms with Crippen LogP contribution in [0, 0.1) is 5.82 Å². The maximum absolute atomic E-state index is 14.4. The van der Waals surface area contributed by atoms with Gasteiger partial charge < -0.3 is 14.8 Å². The quantitative estimate of drug-likeness (QED) is 0.298. The number of halogens is 3. The van der Waals surface area contributed by atoms with Gasteiger partial charge in [-0.05, 0) is 41.8 Å². The highest BCUT2D eigenvalue weighted by Crippen LogP contribution is 2.20. The van der Waals surface area contributed by atoms with Crippen LogP contribution in [0.25, 0.3) is 5.76 Å². The molecule has 0 fully saturated rings. The zero-order valence-electron chi connectivity index (χ0n) is 16.4. The van der Waals surface area contributed by atoms with Gasteiger partial charge in [0.05, 0.1) is 17.1 Å². The van der Waals surface area contributed by atoms with Crippen LogP contribution < -0.4 is 5.56 Å². The van der Waals surface area contributed by atoms with Crippen LogP contribution in [0.2, 0.25) is 10.0 Å². The van der Waals surface area contributed by atoms with Gasteiger partial charge in [-0.2, -0.15) is 0 Å². The molecule has 0 radical (unpaired) electrons. The Morgan fingerprint density at radius 3 is 2.44 bits per heavy atom. The molecule has 0 aliphatic carbocycles. The number of nitrogens with zero attached hydrogens (tertiary/aromatic N) is 1. The number of hydrogen-bond donors (Lipinski definition) is 2. The van der Waals surface area contributed by atoms with Crippen LogP contribution in [0.15, 0.2) is 65.6 Å². The Morgan fingerprint density at radius 1 is 1.03 bits per heavy atom. The summed E-state index contributed by atoms with van der Waals surface area (Å²) in [4.78, 5) is 35.2. The van der Waals surface area contributed by atoms with Gasteiger partial charge in [-0.25, -0.2) is 9.18 Å². The number of aliphatic hydroxyl groups is 1. The number of hydrogen-bond acceptors (Lipinski definition) is 4. The summed E-state index contributed by atoms with van der Waals surface area (Å²) in [6.07, 6.45) is 2.23. The van der Waals surface area contributed by atoms with Gasteiger partial charge in [-0.3, -0.25) is 9.59 Å². The minimum atomic E-state index is -1.78. The van der Waals surface area contributed by atoms with Crippen molar-refractivity contribution < 1.29 is 24.2 Å². The second-order valence-corrected chi connectivity index (χ2v) is 7.76. The van der Waals surface area contributed by atoms with Crippen molar-refractivity contribution >= 4 is 40.7 Å². The van der Waals surface area contributed by atoms with E-state index < -0.39 is 28.9 Å². The first-order valence-corrected chi connectivity index (χ1v) is 10.00. The summed E-state index contributed by atoms with van der Waals surface area (Å²) in [6, 6.07) is 12.7. The third kappa shape index (κ3) is 5.43. The molecule has 0 atom stereocenters. The minimum Gasteiger partial charge on any atom is -0.507 e. The first-order chi connectivity index (χ1) is 15.2. The Bertz CT molecular complexity index is 1300. The van der Waals surface area contributed by atoms with Crippen LogP contribution in [-0.2, 0) is 22.6 Å². The largest absolute Gasteiger partial charge is 0.507 e. The Hall–Kier alpha value is -3.42. The van der Waals surface area contributed by atoms with Crippen molar-refractivity contribution in [3.63, 3.8) is 0 Å². The lowest BCUT2D eigenvalue weighted by Gasteiger charge is -2.13. The maximum Gasteiger partial charge on any atom is 0.376 e. The molecule has 32 heavy (non-hydrogen) atoms. The van der Waals surface area contributed by atoms with E-state index in [4.69, 9.17) is 28.3 Å². The Balaban J connectivity index is 2.12. The van der Waals surface area contributed by atoms with E-state index in [0.717, 1.165) is 10.1 Å². The first kappa shape index (κ1) is 23.2. The summed E-state index contributed by atoms with van der Waals surface area (Å²) in [5.74, 6) is -4.68. The summed E-state index contributed by atoms with van der Waals surface area (Å²) in [6.45, 7) is -0.207. The molecule has 0 unspecified atom stereocenters. The molecule has 3 aromatic rings. The SMILES string of the molecule is O=C(O)C(=O)C=C(O)c1cc(Cc2cccc(Cl)c2)cn(Cc2cccc(Cl)c2F)c1=O. The highest BCUT2D eigenvalue weighted by molar-refractivity contribution is 6.38. The van der Waals surface area contributed by atoms with Crippen LogP contribution in [0.1, 0.15) is 22.3 Å². The monoisotopic (exact) mass is 475 g/mol. The molecular formula is C23H16Cl2FNO5. The number of aliphatic hydroxyl groups excluding tert-OH is 1. The second-order valence-electron chi connectivity index (χ2n) is 6.91. The van der Waals surface area contributed by atoms with E-state index in [0.29, 0.717) is 23.1 Å². The average Bonchev–Trinajstić information content (AvgIpc) is 2.73. The Kier molecular flexibility index (Phi) is 7.12. The Morgan fingerprint density at radius 2 is 1.75 bits per heavy atom. The lowest BCUT2D eigenvalue weighted by atomic mass is 10.0. The van der Waals surface area contributed by atoms with Gasteiger partial charge in [0, 0.05) is 22.9 Å². The van der Waals surface area contributed by atoms with E-state index in [-0.39, 0.29) is 22.7 Å². The van der Waals surface area contributed by atoms with E-state index >= 15 is 0 Å². The number of rotatable bonds is 7. The number of carboxylic acids is 1. The van der Waals surface area contributed by atoms with E-state index in [1.807, 2.05) is 0 Å². The van der Waals surface area contributed by atoms with Crippen molar-refractivity contribution in [1.82, 2.24) is 4.57 Å². The minimum absolute atomic E-state index is 0.111. The van der Waals surface area contributed by atoms with Gasteiger partial charge in [-0.1, -0.05) is 47.5 Å². The molecular weight excluding hydrogens is 460 g/mol. The number of ketones is 1. The number of carboxylic acid groups (broad SMARTS) is 1. The number of carbonyl (C=O) groups is 2. The molecule has 2 aromatic carbocycles. The lowest BCUT2D eigenvalue weighted by molar-refractivity contribution is -0.146. The molecule has 0 aliphatic heterocycles. The molecule has 0 saturated carbocycles. The topological polar surface area (TPSA) is 96.6 Å².